The topological polar surface area (TPSA) is 73.9 Å². The molecule has 0 amide bonds. The number of nitrogens with zero attached hydrogens (tertiary/aromatic N) is 2. The fourth-order valence-electron chi connectivity index (χ4n) is 1.47. The molecule has 0 saturated carbocycles. The van der Waals surface area contributed by atoms with Crippen LogP contribution < -0.4 is 0 Å². The highest BCUT2D eigenvalue weighted by molar-refractivity contribution is 9.09. The summed E-state index contributed by atoms with van der Waals surface area (Å²) in [6, 6.07) is 10.6. The van der Waals surface area contributed by atoms with Crippen molar-refractivity contribution in [3.63, 3.8) is 0 Å². The minimum atomic E-state index is -0.635. The van der Waals surface area contributed by atoms with Gasteiger partial charge in [0.2, 0.25) is 0 Å². The third-order valence-electron chi connectivity index (χ3n) is 2.39. The zero-order valence-corrected chi connectivity index (χ0v) is 11.9. The molecule has 0 saturated heterocycles. The molecule has 0 aromatic heterocycles. The van der Waals surface area contributed by atoms with E-state index in [1.807, 2.05) is 12.1 Å². The normalized spacial score (nSPS) is 10.9. The zero-order chi connectivity index (χ0) is 14.3. The predicted octanol–water partition coefficient (Wildman–Crippen LogP) is 2.79. The summed E-state index contributed by atoms with van der Waals surface area (Å²) >= 11 is 3.27. The molecular formula is C14H11BrN2O2. The summed E-state index contributed by atoms with van der Waals surface area (Å²) in [4.78, 5) is 11.7. The van der Waals surface area contributed by atoms with E-state index in [0.29, 0.717) is 22.0 Å². The van der Waals surface area contributed by atoms with Crippen LogP contribution in [-0.2, 0) is 9.53 Å². The van der Waals surface area contributed by atoms with Gasteiger partial charge in [-0.05, 0) is 30.2 Å². The molecule has 0 aliphatic heterocycles. The lowest BCUT2D eigenvalue weighted by molar-refractivity contribution is -0.137. The maximum absolute atomic E-state index is 11.7. The number of ether oxygens (including phenoxy) is 1. The number of carbonyl (C=O) groups is 1. The van der Waals surface area contributed by atoms with Gasteiger partial charge >= 0.3 is 5.97 Å². The molecule has 1 aromatic rings. The van der Waals surface area contributed by atoms with Crippen LogP contribution in [-0.4, -0.2) is 17.9 Å². The highest BCUT2D eigenvalue weighted by Gasteiger charge is 2.17. The lowest BCUT2D eigenvalue weighted by Gasteiger charge is -2.07. The largest absolute Gasteiger partial charge is 0.462 e. The Balaban J connectivity index is 3.26. The van der Waals surface area contributed by atoms with E-state index in [1.165, 1.54) is 0 Å². The molecule has 1 aromatic carbocycles. The van der Waals surface area contributed by atoms with Gasteiger partial charge in [0.05, 0.1) is 18.2 Å². The fraction of sp³-hybridized carbons (Fsp3) is 0.214. The molecule has 0 fully saturated rings. The van der Waals surface area contributed by atoms with E-state index < -0.39 is 5.97 Å². The monoisotopic (exact) mass is 318 g/mol. The van der Waals surface area contributed by atoms with Crippen LogP contribution in [0.4, 0.5) is 0 Å². The Morgan fingerprint density at radius 1 is 1.32 bits per heavy atom. The third kappa shape index (κ3) is 3.67. The summed E-state index contributed by atoms with van der Waals surface area (Å²) in [5, 5.41) is 18.2. The molecule has 1 rings (SSSR count). The molecule has 0 spiro atoms. The number of benzene rings is 1. The first-order valence-electron chi connectivity index (χ1n) is 5.54. The maximum atomic E-state index is 11.7. The van der Waals surface area contributed by atoms with Gasteiger partial charge in [-0.3, -0.25) is 0 Å². The van der Waals surface area contributed by atoms with Crippen molar-refractivity contribution < 1.29 is 9.53 Å². The van der Waals surface area contributed by atoms with Crippen molar-refractivity contribution >= 4 is 27.5 Å². The van der Waals surface area contributed by atoms with E-state index in [0.717, 1.165) is 0 Å². The van der Waals surface area contributed by atoms with Crippen LogP contribution in [0.1, 0.15) is 18.1 Å². The molecule has 0 bridgehead atoms. The van der Waals surface area contributed by atoms with Gasteiger partial charge in [0.25, 0.3) is 0 Å². The van der Waals surface area contributed by atoms with E-state index in [4.69, 9.17) is 15.3 Å². The lowest BCUT2D eigenvalue weighted by atomic mass is 10.0. The van der Waals surface area contributed by atoms with Gasteiger partial charge in [0.1, 0.15) is 11.6 Å². The number of allylic oxidation sites excluding steroid dienone is 1. The first kappa shape index (κ1) is 14.9. The van der Waals surface area contributed by atoms with E-state index in [1.54, 1.807) is 31.2 Å². The van der Waals surface area contributed by atoms with E-state index in [9.17, 15) is 4.79 Å². The van der Waals surface area contributed by atoms with Crippen LogP contribution in [0.3, 0.4) is 0 Å². The van der Waals surface area contributed by atoms with Gasteiger partial charge in [0, 0.05) is 5.33 Å². The average Bonchev–Trinajstić information content (AvgIpc) is 2.45. The Morgan fingerprint density at radius 3 is 2.37 bits per heavy atom. The first-order chi connectivity index (χ1) is 9.17. The number of nitriles is 2. The summed E-state index contributed by atoms with van der Waals surface area (Å²) in [7, 11) is 0. The van der Waals surface area contributed by atoms with E-state index in [-0.39, 0.29) is 12.2 Å². The van der Waals surface area contributed by atoms with E-state index >= 15 is 0 Å². The summed E-state index contributed by atoms with van der Waals surface area (Å²) in [5.41, 5.74) is 1.75. The Kier molecular flexibility index (Phi) is 5.78. The molecule has 0 aliphatic carbocycles. The van der Waals surface area contributed by atoms with Crippen LogP contribution in [0, 0.1) is 22.7 Å². The molecule has 5 heteroatoms. The third-order valence-corrected chi connectivity index (χ3v) is 2.95. The van der Waals surface area contributed by atoms with Gasteiger partial charge in [-0.15, -0.1) is 0 Å². The number of hydrogen-bond donors (Lipinski definition) is 0. The molecular weight excluding hydrogens is 308 g/mol. The predicted molar refractivity (Wildman–Crippen MR) is 74.1 cm³/mol. The number of halogens is 1. The maximum Gasteiger partial charge on any atom is 0.349 e. The van der Waals surface area contributed by atoms with Crippen LogP contribution in [0.2, 0.25) is 0 Å². The van der Waals surface area contributed by atoms with Crippen molar-refractivity contribution in [1.82, 2.24) is 0 Å². The van der Waals surface area contributed by atoms with Crippen molar-refractivity contribution in [2.24, 2.45) is 0 Å². The second-order valence-corrected chi connectivity index (χ2v) is 4.07. The van der Waals surface area contributed by atoms with Crippen molar-refractivity contribution in [2.45, 2.75) is 6.92 Å². The van der Waals surface area contributed by atoms with Crippen molar-refractivity contribution in [3.8, 4) is 12.1 Å². The quantitative estimate of drug-likeness (QED) is 0.370. The summed E-state index contributed by atoms with van der Waals surface area (Å²) in [6.45, 7) is 1.90. The van der Waals surface area contributed by atoms with Crippen LogP contribution in [0.25, 0.3) is 5.57 Å². The van der Waals surface area contributed by atoms with Gasteiger partial charge in [-0.2, -0.15) is 10.5 Å². The lowest BCUT2D eigenvalue weighted by Crippen LogP contribution is -2.09. The Labute approximate surface area is 120 Å². The van der Waals surface area contributed by atoms with E-state index in [2.05, 4.69) is 15.9 Å². The van der Waals surface area contributed by atoms with Crippen molar-refractivity contribution in [3.05, 3.63) is 41.0 Å². The number of rotatable bonds is 4. The number of alkyl halides is 1. The standard InChI is InChI=1S/C14H11BrN2O2/c1-2-19-14(18)13(9-17)12(7-15)11-5-3-10(8-16)4-6-11/h3-6H,2,7H2,1H3/b13-12+. The fourth-order valence-corrected chi connectivity index (χ4v) is 2.08. The Hall–Kier alpha value is -2.11. The molecule has 0 N–H and O–H groups in total. The molecule has 0 atom stereocenters. The molecule has 0 heterocycles. The molecule has 0 radical (unpaired) electrons. The average molecular weight is 319 g/mol. The van der Waals surface area contributed by atoms with Gasteiger partial charge in [-0.1, -0.05) is 28.1 Å². The minimum Gasteiger partial charge on any atom is -0.462 e. The number of carbonyl (C=O) groups excluding carboxylic acids is 1. The number of esters is 1. The molecule has 96 valence electrons. The Morgan fingerprint density at radius 2 is 1.95 bits per heavy atom. The first-order valence-corrected chi connectivity index (χ1v) is 6.66. The van der Waals surface area contributed by atoms with Gasteiger partial charge in [0.15, 0.2) is 0 Å². The van der Waals surface area contributed by atoms with Crippen LogP contribution in [0.15, 0.2) is 29.8 Å². The smallest absolute Gasteiger partial charge is 0.349 e. The van der Waals surface area contributed by atoms with Crippen LogP contribution >= 0.6 is 15.9 Å². The zero-order valence-electron chi connectivity index (χ0n) is 10.3. The molecule has 0 aliphatic rings. The second-order valence-electron chi connectivity index (χ2n) is 3.51. The number of hydrogen-bond acceptors (Lipinski definition) is 4. The Bertz CT molecular complexity index is 577. The van der Waals surface area contributed by atoms with Crippen LogP contribution in [0.5, 0.6) is 0 Å². The van der Waals surface area contributed by atoms with Crippen molar-refractivity contribution in [2.75, 3.05) is 11.9 Å². The summed E-state index contributed by atoms with van der Waals surface area (Å²) in [6.07, 6.45) is 0. The minimum absolute atomic E-state index is 0.0246. The highest BCUT2D eigenvalue weighted by atomic mass is 79.9. The summed E-state index contributed by atoms with van der Waals surface area (Å²) < 4.78 is 4.85. The second kappa shape index (κ2) is 7.35. The molecule has 0 unspecified atom stereocenters. The van der Waals surface area contributed by atoms with Gasteiger partial charge < -0.3 is 4.74 Å². The van der Waals surface area contributed by atoms with Crippen molar-refractivity contribution in [1.29, 1.82) is 10.5 Å². The SMILES string of the molecule is CCOC(=O)/C(C#N)=C(\CBr)c1ccc(C#N)cc1. The van der Waals surface area contributed by atoms with Gasteiger partial charge in [-0.25, -0.2) is 4.79 Å². The molecule has 4 nitrogen and oxygen atoms in total. The highest BCUT2D eigenvalue weighted by Crippen LogP contribution is 2.22. The molecule has 19 heavy (non-hydrogen) atoms. The summed E-state index contributed by atoms with van der Waals surface area (Å²) in [5.74, 6) is -0.635.